The normalized spacial score (nSPS) is 13.7. The summed E-state index contributed by atoms with van der Waals surface area (Å²) >= 11 is 0. The van der Waals surface area contributed by atoms with Crippen LogP contribution in [-0.4, -0.2) is 15.8 Å². The topological polar surface area (TPSA) is 42.2 Å². The number of halogens is 3. The monoisotopic (exact) mass is 249 g/mol. The number of pyridine rings is 1. The van der Waals surface area contributed by atoms with Gasteiger partial charge in [-0.2, -0.15) is 13.2 Å². The maximum atomic E-state index is 12.6. The van der Waals surface area contributed by atoms with Gasteiger partial charge in [0.05, 0.1) is 12.6 Å². The third-order valence-electron chi connectivity index (χ3n) is 2.36. The van der Waals surface area contributed by atoms with Crippen molar-refractivity contribution in [2.24, 2.45) is 0 Å². The van der Waals surface area contributed by atoms with Gasteiger partial charge in [-0.05, 0) is 12.5 Å². The SMILES string of the molecule is CCCC(O)Cn1c(C(F)(F)F)cccc1=O. The summed E-state index contributed by atoms with van der Waals surface area (Å²) in [5.41, 5.74) is -1.78. The smallest absolute Gasteiger partial charge is 0.391 e. The Hall–Kier alpha value is -1.30. The van der Waals surface area contributed by atoms with Crippen LogP contribution in [-0.2, 0) is 12.7 Å². The minimum atomic E-state index is -4.59. The Bertz CT molecular complexity index is 425. The molecule has 0 aliphatic carbocycles. The van der Waals surface area contributed by atoms with Gasteiger partial charge in [-0.15, -0.1) is 0 Å². The van der Waals surface area contributed by atoms with Crippen molar-refractivity contribution >= 4 is 0 Å². The van der Waals surface area contributed by atoms with Crippen LogP contribution in [0.4, 0.5) is 13.2 Å². The largest absolute Gasteiger partial charge is 0.431 e. The first kappa shape index (κ1) is 13.8. The summed E-state index contributed by atoms with van der Waals surface area (Å²) in [6, 6.07) is 2.95. The van der Waals surface area contributed by atoms with E-state index in [9.17, 15) is 23.1 Å². The van der Waals surface area contributed by atoms with Crippen LogP contribution < -0.4 is 5.56 Å². The summed E-state index contributed by atoms with van der Waals surface area (Å²) in [7, 11) is 0. The number of aliphatic hydroxyl groups is 1. The van der Waals surface area contributed by atoms with Crippen LogP contribution in [0, 0.1) is 0 Å². The molecule has 1 unspecified atom stereocenters. The lowest BCUT2D eigenvalue weighted by atomic mass is 10.2. The molecular weight excluding hydrogens is 235 g/mol. The van der Waals surface area contributed by atoms with Gasteiger partial charge in [-0.3, -0.25) is 4.79 Å². The highest BCUT2D eigenvalue weighted by molar-refractivity contribution is 5.10. The first-order valence-corrected chi connectivity index (χ1v) is 5.31. The number of alkyl halides is 3. The highest BCUT2D eigenvalue weighted by Gasteiger charge is 2.34. The molecule has 0 aliphatic rings. The van der Waals surface area contributed by atoms with Crippen LogP contribution >= 0.6 is 0 Å². The molecule has 17 heavy (non-hydrogen) atoms. The highest BCUT2D eigenvalue weighted by atomic mass is 19.4. The lowest BCUT2D eigenvalue weighted by molar-refractivity contribution is -0.144. The molecule has 0 radical (unpaired) electrons. The van der Waals surface area contributed by atoms with E-state index in [2.05, 4.69) is 0 Å². The Kier molecular flexibility index (Phi) is 4.34. The van der Waals surface area contributed by atoms with E-state index in [0.717, 1.165) is 18.2 Å². The Morgan fingerprint density at radius 2 is 2.06 bits per heavy atom. The number of hydrogen-bond acceptors (Lipinski definition) is 2. The summed E-state index contributed by atoms with van der Waals surface area (Å²) in [5.74, 6) is 0. The molecular formula is C11H14F3NO2. The molecule has 0 aromatic carbocycles. The Labute approximate surface area is 96.5 Å². The number of aliphatic hydroxyl groups excluding tert-OH is 1. The van der Waals surface area contributed by atoms with Gasteiger partial charge in [-0.25, -0.2) is 0 Å². The molecule has 6 heteroatoms. The van der Waals surface area contributed by atoms with Crippen molar-refractivity contribution in [2.75, 3.05) is 0 Å². The molecule has 0 spiro atoms. The molecule has 0 saturated heterocycles. The number of nitrogens with zero attached hydrogens (tertiary/aromatic N) is 1. The number of aromatic nitrogens is 1. The molecule has 0 aliphatic heterocycles. The fourth-order valence-corrected chi connectivity index (χ4v) is 1.59. The Morgan fingerprint density at radius 3 is 2.59 bits per heavy atom. The van der Waals surface area contributed by atoms with Gasteiger partial charge in [0.25, 0.3) is 5.56 Å². The second-order valence-electron chi connectivity index (χ2n) is 3.80. The lowest BCUT2D eigenvalue weighted by Gasteiger charge is -2.17. The van der Waals surface area contributed by atoms with Gasteiger partial charge in [0, 0.05) is 6.07 Å². The van der Waals surface area contributed by atoms with Crippen molar-refractivity contribution in [3.8, 4) is 0 Å². The fourth-order valence-electron chi connectivity index (χ4n) is 1.59. The Morgan fingerprint density at radius 1 is 1.41 bits per heavy atom. The minimum Gasteiger partial charge on any atom is -0.391 e. The van der Waals surface area contributed by atoms with Crippen molar-refractivity contribution in [3.05, 3.63) is 34.2 Å². The van der Waals surface area contributed by atoms with Crippen LogP contribution in [0.3, 0.4) is 0 Å². The van der Waals surface area contributed by atoms with Crippen LogP contribution in [0.25, 0.3) is 0 Å². The first-order chi connectivity index (χ1) is 7.86. The van der Waals surface area contributed by atoms with E-state index in [0.29, 0.717) is 17.4 Å². The molecule has 1 N–H and O–H groups in total. The quantitative estimate of drug-likeness (QED) is 0.887. The van der Waals surface area contributed by atoms with E-state index >= 15 is 0 Å². The van der Waals surface area contributed by atoms with Crippen LogP contribution in [0.15, 0.2) is 23.0 Å². The molecule has 1 aromatic heterocycles. The van der Waals surface area contributed by atoms with E-state index < -0.39 is 23.5 Å². The Balaban J connectivity index is 3.09. The molecule has 0 saturated carbocycles. The van der Waals surface area contributed by atoms with E-state index in [1.165, 1.54) is 0 Å². The standard InChI is InChI=1S/C11H14F3NO2/c1-2-4-8(16)7-15-9(11(12,13)14)5-3-6-10(15)17/h3,5-6,8,16H,2,4,7H2,1H3. The van der Waals surface area contributed by atoms with E-state index in [1.54, 1.807) is 0 Å². The molecule has 1 heterocycles. The van der Waals surface area contributed by atoms with Gasteiger partial charge >= 0.3 is 6.18 Å². The van der Waals surface area contributed by atoms with Crippen LogP contribution in [0.5, 0.6) is 0 Å². The first-order valence-electron chi connectivity index (χ1n) is 5.31. The highest BCUT2D eigenvalue weighted by Crippen LogP contribution is 2.28. The van der Waals surface area contributed by atoms with Crippen LogP contribution in [0.2, 0.25) is 0 Å². The van der Waals surface area contributed by atoms with Crippen molar-refractivity contribution in [2.45, 2.75) is 38.6 Å². The average Bonchev–Trinajstić information content (AvgIpc) is 2.19. The molecule has 0 bridgehead atoms. The molecule has 0 amide bonds. The molecule has 3 nitrogen and oxygen atoms in total. The maximum absolute atomic E-state index is 12.6. The van der Waals surface area contributed by atoms with Crippen molar-refractivity contribution < 1.29 is 18.3 Å². The number of rotatable bonds is 4. The zero-order valence-electron chi connectivity index (χ0n) is 9.37. The molecule has 1 rings (SSSR count). The summed E-state index contributed by atoms with van der Waals surface area (Å²) in [6.07, 6.45) is -4.53. The summed E-state index contributed by atoms with van der Waals surface area (Å²) in [6.45, 7) is 1.48. The summed E-state index contributed by atoms with van der Waals surface area (Å²) in [5, 5.41) is 9.49. The summed E-state index contributed by atoms with van der Waals surface area (Å²) in [4.78, 5) is 11.4. The van der Waals surface area contributed by atoms with E-state index in [4.69, 9.17) is 0 Å². The van der Waals surface area contributed by atoms with Gasteiger partial charge < -0.3 is 9.67 Å². The average molecular weight is 249 g/mol. The third-order valence-corrected chi connectivity index (χ3v) is 2.36. The predicted molar refractivity (Wildman–Crippen MR) is 56.6 cm³/mol. The predicted octanol–water partition coefficient (Wildman–Crippen LogP) is 2.03. The van der Waals surface area contributed by atoms with Crippen molar-refractivity contribution in [1.29, 1.82) is 0 Å². The molecule has 1 atom stereocenters. The van der Waals surface area contributed by atoms with E-state index in [-0.39, 0.29) is 6.54 Å². The molecule has 0 fully saturated rings. The minimum absolute atomic E-state index is 0.331. The van der Waals surface area contributed by atoms with Gasteiger partial charge in [0.2, 0.25) is 0 Å². The van der Waals surface area contributed by atoms with Crippen molar-refractivity contribution in [1.82, 2.24) is 4.57 Å². The third kappa shape index (κ3) is 3.59. The molecule has 96 valence electrons. The van der Waals surface area contributed by atoms with Gasteiger partial charge in [-0.1, -0.05) is 19.4 Å². The fraction of sp³-hybridized carbons (Fsp3) is 0.545. The maximum Gasteiger partial charge on any atom is 0.431 e. The van der Waals surface area contributed by atoms with Crippen LogP contribution in [0.1, 0.15) is 25.5 Å². The van der Waals surface area contributed by atoms with Crippen molar-refractivity contribution in [3.63, 3.8) is 0 Å². The number of hydrogen-bond donors (Lipinski definition) is 1. The zero-order valence-corrected chi connectivity index (χ0v) is 9.37. The lowest BCUT2D eigenvalue weighted by Crippen LogP contribution is -2.31. The molecule has 1 aromatic rings. The van der Waals surface area contributed by atoms with Gasteiger partial charge in [0.15, 0.2) is 0 Å². The summed E-state index contributed by atoms with van der Waals surface area (Å²) < 4.78 is 38.4. The van der Waals surface area contributed by atoms with Gasteiger partial charge in [0.1, 0.15) is 5.69 Å². The second kappa shape index (κ2) is 5.35. The zero-order chi connectivity index (χ0) is 13.1. The second-order valence-corrected chi connectivity index (χ2v) is 3.80. The van der Waals surface area contributed by atoms with E-state index in [1.807, 2.05) is 6.92 Å².